The van der Waals surface area contributed by atoms with Gasteiger partial charge in [0.15, 0.2) is 0 Å². The molecule has 6 nitrogen and oxygen atoms in total. The van der Waals surface area contributed by atoms with Crippen molar-refractivity contribution in [2.24, 2.45) is 9.98 Å². The molecule has 0 aliphatic rings. The van der Waals surface area contributed by atoms with Crippen LogP contribution in [0, 0.1) is 0 Å². The van der Waals surface area contributed by atoms with Crippen molar-refractivity contribution in [1.82, 2.24) is 0 Å². The SMILES string of the molecule is CC(=N\c1c(C(C)C)cc(C(=O)O)cc1C(C)C)/C(C)=N/c1c(C(C)C)cc(C(=O)O)cc1C(C)C. The maximum Gasteiger partial charge on any atom is 0.335 e. The van der Waals surface area contributed by atoms with Crippen LogP contribution in [0.3, 0.4) is 0 Å². The van der Waals surface area contributed by atoms with Crippen molar-refractivity contribution in [3.8, 4) is 0 Å². The monoisotopic (exact) mass is 492 g/mol. The van der Waals surface area contributed by atoms with E-state index in [2.05, 4.69) is 0 Å². The first kappa shape index (κ1) is 29.0. The number of nitrogens with zero attached hydrogens (tertiary/aromatic N) is 2. The van der Waals surface area contributed by atoms with Gasteiger partial charge in [-0.2, -0.15) is 0 Å². The lowest BCUT2D eigenvalue weighted by Gasteiger charge is -2.20. The average Bonchev–Trinajstić information content (AvgIpc) is 2.77. The number of carboxylic acids is 2. The Morgan fingerprint density at radius 3 is 0.944 bits per heavy atom. The van der Waals surface area contributed by atoms with Gasteiger partial charge in [-0.1, -0.05) is 55.4 Å². The molecule has 2 rings (SSSR count). The topological polar surface area (TPSA) is 99.3 Å². The Balaban J connectivity index is 2.78. The molecule has 0 fully saturated rings. The second-order valence-corrected chi connectivity index (χ2v) is 10.6. The van der Waals surface area contributed by atoms with E-state index in [1.807, 2.05) is 69.2 Å². The molecule has 0 aliphatic carbocycles. The zero-order valence-corrected chi connectivity index (χ0v) is 23.2. The van der Waals surface area contributed by atoms with Gasteiger partial charge in [0, 0.05) is 0 Å². The first-order valence-electron chi connectivity index (χ1n) is 12.6. The highest BCUT2D eigenvalue weighted by Crippen LogP contribution is 2.38. The number of benzene rings is 2. The van der Waals surface area contributed by atoms with Crippen LogP contribution in [0.5, 0.6) is 0 Å². The fourth-order valence-corrected chi connectivity index (χ4v) is 4.12. The molecular weight excluding hydrogens is 452 g/mol. The summed E-state index contributed by atoms with van der Waals surface area (Å²) >= 11 is 0. The lowest BCUT2D eigenvalue weighted by molar-refractivity contribution is 0.0686. The van der Waals surface area contributed by atoms with Gasteiger partial charge in [0.2, 0.25) is 0 Å². The molecule has 194 valence electrons. The van der Waals surface area contributed by atoms with Gasteiger partial charge in [0.25, 0.3) is 0 Å². The van der Waals surface area contributed by atoms with Gasteiger partial charge in [-0.25, -0.2) is 9.59 Å². The fourth-order valence-electron chi connectivity index (χ4n) is 4.12. The molecule has 2 aromatic carbocycles. The van der Waals surface area contributed by atoms with E-state index in [0.29, 0.717) is 0 Å². The van der Waals surface area contributed by atoms with Crippen LogP contribution in [0.25, 0.3) is 0 Å². The third-order valence-electron chi connectivity index (χ3n) is 6.40. The lowest BCUT2D eigenvalue weighted by Crippen LogP contribution is -2.09. The van der Waals surface area contributed by atoms with Crippen LogP contribution in [-0.4, -0.2) is 33.6 Å². The summed E-state index contributed by atoms with van der Waals surface area (Å²) < 4.78 is 0. The van der Waals surface area contributed by atoms with Crippen molar-refractivity contribution in [2.75, 3.05) is 0 Å². The Hall–Kier alpha value is -3.28. The third kappa shape index (κ3) is 6.48. The van der Waals surface area contributed by atoms with Gasteiger partial charge in [0.05, 0.1) is 33.9 Å². The Morgan fingerprint density at radius 2 is 0.778 bits per heavy atom. The molecule has 0 atom stereocenters. The van der Waals surface area contributed by atoms with Gasteiger partial charge in [-0.05, 0) is 84.0 Å². The number of aliphatic imine (C=N–C) groups is 2. The van der Waals surface area contributed by atoms with E-state index in [9.17, 15) is 19.8 Å². The number of hydrogen-bond acceptors (Lipinski definition) is 4. The number of carbonyl (C=O) groups is 2. The second kappa shape index (κ2) is 11.6. The van der Waals surface area contributed by atoms with E-state index in [1.54, 1.807) is 24.3 Å². The summed E-state index contributed by atoms with van der Waals surface area (Å²) in [5.41, 5.74) is 7.16. The van der Waals surface area contributed by atoms with Crippen LogP contribution < -0.4 is 0 Å². The molecule has 0 radical (unpaired) electrons. The van der Waals surface area contributed by atoms with Crippen LogP contribution in [-0.2, 0) is 0 Å². The molecule has 0 spiro atoms. The molecule has 6 heteroatoms. The largest absolute Gasteiger partial charge is 0.478 e. The summed E-state index contributed by atoms with van der Waals surface area (Å²) in [7, 11) is 0. The first-order chi connectivity index (χ1) is 16.6. The van der Waals surface area contributed by atoms with Crippen molar-refractivity contribution in [2.45, 2.75) is 92.9 Å². The number of carboxylic acid groups (broad SMARTS) is 2. The predicted molar refractivity (Wildman–Crippen MR) is 149 cm³/mol. The normalized spacial score (nSPS) is 12.8. The van der Waals surface area contributed by atoms with Crippen LogP contribution in [0.15, 0.2) is 34.3 Å². The minimum absolute atomic E-state index is 0.0919. The smallest absolute Gasteiger partial charge is 0.335 e. The highest BCUT2D eigenvalue weighted by Gasteiger charge is 2.21. The van der Waals surface area contributed by atoms with Crippen molar-refractivity contribution in [3.63, 3.8) is 0 Å². The van der Waals surface area contributed by atoms with Gasteiger partial charge < -0.3 is 10.2 Å². The molecule has 0 saturated heterocycles. The zero-order valence-electron chi connectivity index (χ0n) is 23.2. The summed E-state index contributed by atoms with van der Waals surface area (Å²) in [6.45, 7) is 20.1. The Labute approximate surface area is 215 Å². The predicted octanol–water partition coefficient (Wildman–Crippen LogP) is 8.46. The molecular formula is C30H40N2O4. The van der Waals surface area contributed by atoms with Gasteiger partial charge in [0.1, 0.15) is 0 Å². The summed E-state index contributed by atoms with van der Waals surface area (Å²) in [5, 5.41) is 19.3. The molecule has 2 aromatic rings. The Bertz CT molecular complexity index is 1060. The van der Waals surface area contributed by atoms with Gasteiger partial charge >= 0.3 is 11.9 Å². The molecule has 36 heavy (non-hydrogen) atoms. The second-order valence-electron chi connectivity index (χ2n) is 10.6. The molecule has 0 saturated carbocycles. The Morgan fingerprint density at radius 1 is 0.556 bits per heavy atom. The van der Waals surface area contributed by atoms with Crippen LogP contribution in [0.1, 0.15) is 136 Å². The fraction of sp³-hybridized carbons (Fsp3) is 0.467. The molecule has 0 unspecified atom stereocenters. The maximum absolute atomic E-state index is 11.7. The third-order valence-corrected chi connectivity index (χ3v) is 6.40. The summed E-state index contributed by atoms with van der Waals surface area (Å²) in [6, 6.07) is 6.87. The van der Waals surface area contributed by atoms with Gasteiger partial charge in [-0.3, -0.25) is 9.98 Å². The van der Waals surface area contributed by atoms with Crippen LogP contribution in [0.4, 0.5) is 11.4 Å². The summed E-state index contributed by atoms with van der Waals surface area (Å²) in [4.78, 5) is 33.5. The van der Waals surface area contributed by atoms with E-state index >= 15 is 0 Å². The molecule has 0 amide bonds. The molecule has 0 bridgehead atoms. The van der Waals surface area contributed by atoms with Crippen molar-refractivity contribution < 1.29 is 19.8 Å². The number of aromatic carboxylic acids is 2. The van der Waals surface area contributed by atoms with E-state index < -0.39 is 11.9 Å². The minimum Gasteiger partial charge on any atom is -0.478 e. The number of rotatable bonds is 9. The first-order valence-corrected chi connectivity index (χ1v) is 12.6. The molecule has 2 N–H and O–H groups in total. The number of hydrogen-bond donors (Lipinski definition) is 2. The van der Waals surface area contributed by atoms with Crippen LogP contribution in [0.2, 0.25) is 0 Å². The molecule has 0 heterocycles. The quantitative estimate of drug-likeness (QED) is 0.343. The standard InChI is InChI=1S/C30H40N2O4/c1-15(2)23-11-21(29(33)34)12-24(16(3)4)27(23)31-19(9)20(10)32-28-25(17(5)6)13-22(30(35)36)14-26(28)18(7)8/h11-18H,1-10H3,(H,33,34)(H,35,36)/b31-19+,32-20+. The summed E-state index contributed by atoms with van der Waals surface area (Å²) in [5.74, 6) is -1.53. The molecule has 0 aliphatic heterocycles. The molecule has 0 aromatic heterocycles. The average molecular weight is 493 g/mol. The van der Waals surface area contributed by atoms with Gasteiger partial charge in [-0.15, -0.1) is 0 Å². The van der Waals surface area contributed by atoms with E-state index in [4.69, 9.17) is 9.98 Å². The minimum atomic E-state index is -0.948. The van der Waals surface area contributed by atoms with E-state index in [0.717, 1.165) is 45.1 Å². The lowest BCUT2D eigenvalue weighted by atomic mass is 9.90. The Kier molecular flexibility index (Phi) is 9.36. The maximum atomic E-state index is 11.7. The van der Waals surface area contributed by atoms with E-state index in [-0.39, 0.29) is 34.8 Å². The van der Waals surface area contributed by atoms with Crippen molar-refractivity contribution >= 4 is 34.7 Å². The highest BCUT2D eigenvalue weighted by atomic mass is 16.4. The van der Waals surface area contributed by atoms with Crippen molar-refractivity contribution in [1.29, 1.82) is 0 Å². The zero-order chi connectivity index (χ0) is 27.5. The highest BCUT2D eigenvalue weighted by molar-refractivity contribution is 6.41. The van der Waals surface area contributed by atoms with Crippen molar-refractivity contribution in [3.05, 3.63) is 57.6 Å². The van der Waals surface area contributed by atoms with E-state index in [1.165, 1.54) is 0 Å². The van der Waals surface area contributed by atoms with Crippen LogP contribution >= 0.6 is 0 Å². The summed E-state index contributed by atoms with van der Waals surface area (Å²) in [6.07, 6.45) is 0.